The number of carbonyl (C=O) groups is 1. The molecule has 0 spiro atoms. The van der Waals surface area contributed by atoms with Crippen molar-refractivity contribution in [2.75, 3.05) is 50.6 Å². The highest BCUT2D eigenvalue weighted by Gasteiger charge is 2.46. The van der Waals surface area contributed by atoms with Gasteiger partial charge in [-0.15, -0.1) is 0 Å². The summed E-state index contributed by atoms with van der Waals surface area (Å²) in [6.07, 6.45) is -4.11. The van der Waals surface area contributed by atoms with E-state index in [2.05, 4.69) is 15.4 Å². The fourth-order valence-electron chi connectivity index (χ4n) is 5.15. The Morgan fingerprint density at radius 2 is 1.79 bits per heavy atom. The third-order valence-electron chi connectivity index (χ3n) is 7.20. The molecule has 0 radical (unpaired) electrons. The highest BCUT2D eigenvalue weighted by atomic mass is 19.4. The maximum absolute atomic E-state index is 14.2. The lowest BCUT2D eigenvalue weighted by molar-refractivity contribution is -0.173. The molecule has 10 nitrogen and oxygen atoms in total. The average Bonchev–Trinajstić information content (AvgIpc) is 3.35. The molecular formula is C26H29F3N6O4. The van der Waals surface area contributed by atoms with Crippen LogP contribution in [0.25, 0.3) is 11.3 Å². The first-order valence-electron chi connectivity index (χ1n) is 12.4. The molecule has 2 unspecified atom stereocenters. The van der Waals surface area contributed by atoms with Crippen molar-refractivity contribution in [2.24, 2.45) is 0 Å². The number of aryl methyl sites for hydroxylation is 1. The van der Waals surface area contributed by atoms with Crippen LogP contribution in [0.1, 0.15) is 29.6 Å². The van der Waals surface area contributed by atoms with Crippen molar-refractivity contribution in [1.82, 2.24) is 19.7 Å². The highest BCUT2D eigenvalue weighted by molar-refractivity contribution is 5.67. The lowest BCUT2D eigenvalue weighted by Gasteiger charge is -2.34. The van der Waals surface area contributed by atoms with Gasteiger partial charge >= 0.3 is 12.3 Å². The maximum Gasteiger partial charge on any atom is 0.410 e. The van der Waals surface area contributed by atoms with Gasteiger partial charge in [0.15, 0.2) is 17.5 Å². The standard InChI is InChI=1S/C26H29F3N6O4/c1-15-10-17(14-30-24(15)33-6-8-34(9-7-33)25(36)37)19-13-23-31-18(12-22(26(27,28)29)35(23)32-19)16-4-5-20(38-2)21(11-16)39-3/h4-5,10-11,13-14,18,22,31H,6-9,12H2,1-3H3,(H,36,37). The second-order valence-corrected chi connectivity index (χ2v) is 9.59. The largest absolute Gasteiger partial charge is 0.493 e. The van der Waals surface area contributed by atoms with E-state index in [4.69, 9.17) is 9.47 Å². The molecule has 5 rings (SSSR count). The first-order valence-corrected chi connectivity index (χ1v) is 12.4. The fraction of sp³-hybridized carbons (Fsp3) is 0.423. The van der Waals surface area contributed by atoms with Crippen LogP contribution in [-0.2, 0) is 0 Å². The SMILES string of the molecule is COc1ccc(C2CC(C(F)(F)F)n3nc(-c4cnc(N5CCN(C(=O)O)CC5)c(C)c4)cc3N2)cc1OC. The third-order valence-corrected chi connectivity index (χ3v) is 7.20. The number of ether oxygens (including phenoxy) is 2. The number of anilines is 2. The van der Waals surface area contributed by atoms with E-state index >= 15 is 0 Å². The zero-order valence-electron chi connectivity index (χ0n) is 21.7. The van der Waals surface area contributed by atoms with Gasteiger partial charge in [-0.1, -0.05) is 6.07 Å². The van der Waals surface area contributed by atoms with Crippen LogP contribution in [0.15, 0.2) is 36.5 Å². The van der Waals surface area contributed by atoms with Crippen LogP contribution in [0, 0.1) is 6.92 Å². The van der Waals surface area contributed by atoms with Gasteiger partial charge in [0.2, 0.25) is 0 Å². The molecule has 2 aliphatic heterocycles. The molecule has 0 bridgehead atoms. The van der Waals surface area contributed by atoms with Crippen molar-refractivity contribution in [3.05, 3.63) is 47.7 Å². The van der Waals surface area contributed by atoms with Crippen LogP contribution in [0.2, 0.25) is 0 Å². The molecule has 2 aromatic heterocycles. The van der Waals surface area contributed by atoms with E-state index in [1.165, 1.54) is 19.1 Å². The summed E-state index contributed by atoms with van der Waals surface area (Å²) >= 11 is 0. The summed E-state index contributed by atoms with van der Waals surface area (Å²) in [6.45, 7) is 3.63. The van der Waals surface area contributed by atoms with Crippen molar-refractivity contribution in [2.45, 2.75) is 31.6 Å². The van der Waals surface area contributed by atoms with Gasteiger partial charge in [-0.2, -0.15) is 18.3 Å². The Kier molecular flexibility index (Phi) is 6.91. The molecule has 0 aliphatic carbocycles. The van der Waals surface area contributed by atoms with Crippen molar-refractivity contribution >= 4 is 17.7 Å². The van der Waals surface area contributed by atoms with E-state index in [1.807, 2.05) is 17.9 Å². The van der Waals surface area contributed by atoms with Crippen LogP contribution in [-0.4, -0.2) is 77.4 Å². The van der Waals surface area contributed by atoms with E-state index < -0.39 is 24.4 Å². The Morgan fingerprint density at radius 3 is 2.41 bits per heavy atom. The molecule has 2 atom stereocenters. The first kappa shape index (κ1) is 26.4. The second-order valence-electron chi connectivity index (χ2n) is 9.59. The van der Waals surface area contributed by atoms with Crippen molar-refractivity contribution in [3.8, 4) is 22.8 Å². The number of hydrogen-bond acceptors (Lipinski definition) is 7. The normalized spacial score (nSPS) is 19.3. The average molecular weight is 547 g/mol. The zero-order chi connectivity index (χ0) is 27.9. The minimum absolute atomic E-state index is 0.244. The number of carboxylic acid groups (broad SMARTS) is 1. The van der Waals surface area contributed by atoms with E-state index in [1.54, 1.807) is 30.5 Å². The zero-order valence-corrected chi connectivity index (χ0v) is 21.7. The van der Waals surface area contributed by atoms with E-state index in [9.17, 15) is 23.1 Å². The van der Waals surface area contributed by atoms with Crippen LogP contribution in [0.3, 0.4) is 0 Å². The maximum atomic E-state index is 14.2. The van der Waals surface area contributed by atoms with Gasteiger partial charge in [0, 0.05) is 50.4 Å². The van der Waals surface area contributed by atoms with Gasteiger partial charge in [-0.05, 0) is 36.2 Å². The van der Waals surface area contributed by atoms with Gasteiger partial charge in [0.25, 0.3) is 0 Å². The topological polar surface area (TPSA) is 105 Å². The lowest BCUT2D eigenvalue weighted by Crippen LogP contribution is -2.48. The molecule has 4 heterocycles. The minimum Gasteiger partial charge on any atom is -0.493 e. The number of nitrogens with one attached hydrogen (secondary N) is 1. The van der Waals surface area contributed by atoms with Crippen LogP contribution in [0.4, 0.5) is 29.6 Å². The van der Waals surface area contributed by atoms with Gasteiger partial charge in [-0.25, -0.2) is 14.5 Å². The van der Waals surface area contributed by atoms with Crippen LogP contribution >= 0.6 is 0 Å². The fourth-order valence-corrected chi connectivity index (χ4v) is 5.15. The van der Waals surface area contributed by atoms with Crippen molar-refractivity contribution in [3.63, 3.8) is 0 Å². The number of amides is 1. The number of halogens is 3. The number of alkyl halides is 3. The molecule has 1 aromatic carbocycles. The van der Waals surface area contributed by atoms with Gasteiger partial charge in [0.1, 0.15) is 11.6 Å². The molecular weight excluding hydrogens is 517 g/mol. The number of aromatic nitrogens is 3. The Labute approximate surface area is 222 Å². The smallest absolute Gasteiger partial charge is 0.410 e. The monoisotopic (exact) mass is 546 g/mol. The molecule has 39 heavy (non-hydrogen) atoms. The van der Waals surface area contributed by atoms with Crippen molar-refractivity contribution < 1.29 is 32.5 Å². The van der Waals surface area contributed by atoms with Gasteiger partial charge < -0.3 is 29.7 Å². The molecule has 1 saturated heterocycles. The number of rotatable bonds is 5. The molecule has 13 heteroatoms. The predicted molar refractivity (Wildman–Crippen MR) is 138 cm³/mol. The van der Waals surface area contributed by atoms with E-state index in [-0.39, 0.29) is 12.2 Å². The Hall–Kier alpha value is -4.16. The summed E-state index contributed by atoms with van der Waals surface area (Å²) in [5, 5.41) is 16.7. The van der Waals surface area contributed by atoms with Crippen LogP contribution < -0.4 is 19.7 Å². The van der Waals surface area contributed by atoms with Gasteiger partial charge in [-0.3, -0.25) is 0 Å². The summed E-state index contributed by atoms with van der Waals surface area (Å²) in [7, 11) is 2.98. The van der Waals surface area contributed by atoms with E-state index in [0.29, 0.717) is 60.3 Å². The number of fused-ring (bicyclic) bond motifs is 1. The van der Waals surface area contributed by atoms with Gasteiger partial charge in [0.05, 0.1) is 26.0 Å². The summed E-state index contributed by atoms with van der Waals surface area (Å²) < 4.78 is 54.2. The summed E-state index contributed by atoms with van der Waals surface area (Å²) in [4.78, 5) is 19.1. The molecule has 0 saturated carbocycles. The molecule has 2 N–H and O–H groups in total. The number of pyridine rings is 1. The molecule has 1 fully saturated rings. The number of benzene rings is 1. The second kappa shape index (κ2) is 10.2. The number of hydrogen-bond donors (Lipinski definition) is 2. The predicted octanol–water partition coefficient (Wildman–Crippen LogP) is 4.73. The van der Waals surface area contributed by atoms with E-state index in [0.717, 1.165) is 10.2 Å². The first-order chi connectivity index (χ1) is 18.6. The molecule has 2 aliphatic rings. The number of methoxy groups -OCH3 is 2. The third kappa shape index (κ3) is 5.12. The molecule has 1 amide bonds. The number of nitrogens with zero attached hydrogens (tertiary/aromatic N) is 5. The summed E-state index contributed by atoms with van der Waals surface area (Å²) in [5.41, 5.74) is 2.43. The lowest BCUT2D eigenvalue weighted by atomic mass is 9.96. The quantitative estimate of drug-likeness (QED) is 0.473. The Morgan fingerprint density at radius 1 is 1.08 bits per heavy atom. The summed E-state index contributed by atoms with van der Waals surface area (Å²) in [6, 6.07) is 6.08. The minimum atomic E-state index is -4.51. The Balaban J connectivity index is 1.42. The Bertz CT molecular complexity index is 1370. The number of piperazine rings is 1. The highest BCUT2D eigenvalue weighted by Crippen LogP contribution is 2.45. The van der Waals surface area contributed by atoms with Crippen LogP contribution in [0.5, 0.6) is 11.5 Å². The molecule has 208 valence electrons. The van der Waals surface area contributed by atoms with Crippen molar-refractivity contribution in [1.29, 1.82) is 0 Å². The summed E-state index contributed by atoms with van der Waals surface area (Å²) in [5.74, 6) is 1.90. The molecule has 3 aromatic rings.